The third-order valence-electron chi connectivity index (χ3n) is 4.73. The number of nitrogens with zero attached hydrogens (tertiary/aromatic N) is 1. The van der Waals surface area contributed by atoms with Gasteiger partial charge in [-0.15, -0.1) is 0 Å². The number of fused-ring (bicyclic) bond motifs is 1. The second-order valence-corrected chi connectivity index (χ2v) is 6.62. The minimum atomic E-state index is -0.0889. The van der Waals surface area contributed by atoms with Crippen LogP contribution in [0.25, 0.3) is 11.1 Å². The van der Waals surface area contributed by atoms with E-state index in [9.17, 15) is 4.79 Å². The molecule has 1 atom stereocenters. The highest BCUT2D eigenvalue weighted by Gasteiger charge is 2.20. The molecule has 3 aromatic rings. The number of aryl methyl sites for hydroxylation is 1. The molecule has 1 aliphatic heterocycles. The van der Waals surface area contributed by atoms with Gasteiger partial charge < -0.3 is 19.0 Å². The summed E-state index contributed by atoms with van der Waals surface area (Å²) in [5.74, 6) is -0.0889. The molecule has 1 fully saturated rings. The molecular weight excluding hydrogens is 316 g/mol. The molecule has 4 rings (SSSR count). The number of benzene rings is 1. The Hall–Kier alpha value is -2.53. The molecule has 1 aromatic carbocycles. The molecule has 3 heterocycles. The van der Waals surface area contributed by atoms with E-state index in [4.69, 9.17) is 9.15 Å². The molecule has 2 aromatic heterocycles. The molecule has 0 saturated carbocycles. The van der Waals surface area contributed by atoms with E-state index in [-0.39, 0.29) is 12.0 Å². The number of carbonyl (C=O) groups excluding carboxylic acids is 1. The van der Waals surface area contributed by atoms with Crippen molar-refractivity contribution in [2.24, 2.45) is 0 Å². The summed E-state index contributed by atoms with van der Waals surface area (Å²) in [5, 5.41) is 3.00. The Labute approximate surface area is 146 Å². The monoisotopic (exact) mass is 338 g/mol. The van der Waals surface area contributed by atoms with Gasteiger partial charge in [-0.2, -0.15) is 0 Å². The highest BCUT2D eigenvalue weighted by Crippen LogP contribution is 2.23. The number of carbonyl (C=O) groups is 1. The summed E-state index contributed by atoms with van der Waals surface area (Å²) in [5.41, 5.74) is 4.65. The van der Waals surface area contributed by atoms with Crippen LogP contribution in [-0.2, 0) is 11.3 Å². The molecule has 5 heteroatoms. The predicted octanol–water partition coefficient (Wildman–Crippen LogP) is 3.50. The van der Waals surface area contributed by atoms with Gasteiger partial charge in [0, 0.05) is 31.8 Å². The second-order valence-electron chi connectivity index (χ2n) is 6.62. The van der Waals surface area contributed by atoms with Gasteiger partial charge in [-0.1, -0.05) is 29.8 Å². The minimum Gasteiger partial charge on any atom is -0.463 e. The van der Waals surface area contributed by atoms with E-state index >= 15 is 0 Å². The molecule has 0 radical (unpaired) electrons. The quantitative estimate of drug-likeness (QED) is 0.775. The van der Waals surface area contributed by atoms with Gasteiger partial charge in [0.25, 0.3) is 5.91 Å². The fourth-order valence-electron chi connectivity index (χ4n) is 3.31. The van der Waals surface area contributed by atoms with E-state index in [1.54, 1.807) is 6.26 Å². The van der Waals surface area contributed by atoms with Crippen molar-refractivity contribution in [3.63, 3.8) is 0 Å². The van der Waals surface area contributed by atoms with Crippen LogP contribution in [0.4, 0.5) is 0 Å². The topological polar surface area (TPSA) is 56.4 Å². The second kappa shape index (κ2) is 6.76. The van der Waals surface area contributed by atoms with Crippen molar-refractivity contribution in [2.45, 2.75) is 32.4 Å². The molecule has 0 bridgehead atoms. The predicted molar refractivity (Wildman–Crippen MR) is 95.8 cm³/mol. The fraction of sp³-hybridized carbons (Fsp3) is 0.350. The van der Waals surface area contributed by atoms with Crippen LogP contribution in [0.3, 0.4) is 0 Å². The van der Waals surface area contributed by atoms with Gasteiger partial charge in [0.2, 0.25) is 0 Å². The number of nitrogens with one attached hydrogen (secondary N) is 1. The van der Waals surface area contributed by atoms with E-state index in [0.717, 1.165) is 36.1 Å². The van der Waals surface area contributed by atoms with Crippen LogP contribution < -0.4 is 5.32 Å². The van der Waals surface area contributed by atoms with Gasteiger partial charge in [0.15, 0.2) is 5.58 Å². The van der Waals surface area contributed by atoms with Crippen molar-refractivity contribution in [1.29, 1.82) is 0 Å². The summed E-state index contributed by atoms with van der Waals surface area (Å²) in [7, 11) is 0. The van der Waals surface area contributed by atoms with Crippen molar-refractivity contribution < 1.29 is 13.9 Å². The average Bonchev–Trinajstić information content (AvgIpc) is 3.33. The van der Waals surface area contributed by atoms with Crippen LogP contribution in [0.15, 0.2) is 47.1 Å². The Morgan fingerprint density at radius 1 is 1.28 bits per heavy atom. The first kappa shape index (κ1) is 16.0. The summed E-state index contributed by atoms with van der Waals surface area (Å²) >= 11 is 0. The van der Waals surface area contributed by atoms with Crippen LogP contribution in [-0.4, -0.2) is 29.7 Å². The Balaban J connectivity index is 1.58. The van der Waals surface area contributed by atoms with Crippen molar-refractivity contribution in [1.82, 2.24) is 9.88 Å². The van der Waals surface area contributed by atoms with Crippen LogP contribution in [0.5, 0.6) is 0 Å². The van der Waals surface area contributed by atoms with Gasteiger partial charge >= 0.3 is 0 Å². The molecule has 1 saturated heterocycles. The van der Waals surface area contributed by atoms with E-state index in [1.807, 2.05) is 16.7 Å². The summed E-state index contributed by atoms with van der Waals surface area (Å²) in [4.78, 5) is 12.7. The van der Waals surface area contributed by atoms with Crippen LogP contribution >= 0.6 is 0 Å². The molecule has 130 valence electrons. The Morgan fingerprint density at radius 3 is 2.88 bits per heavy atom. The largest absolute Gasteiger partial charge is 0.463 e. The molecular formula is C20H22N2O3. The average molecular weight is 338 g/mol. The van der Waals surface area contributed by atoms with Crippen LogP contribution in [0, 0.1) is 6.92 Å². The molecule has 1 aliphatic rings. The number of amides is 1. The summed E-state index contributed by atoms with van der Waals surface area (Å²) < 4.78 is 13.1. The van der Waals surface area contributed by atoms with E-state index < -0.39 is 0 Å². The Kier molecular flexibility index (Phi) is 4.32. The molecule has 1 amide bonds. The maximum atomic E-state index is 12.7. The van der Waals surface area contributed by atoms with Crippen LogP contribution in [0.2, 0.25) is 0 Å². The highest BCUT2D eigenvalue weighted by atomic mass is 16.5. The number of ether oxygens (including phenoxy) is 1. The highest BCUT2D eigenvalue weighted by molar-refractivity contribution is 5.97. The lowest BCUT2D eigenvalue weighted by atomic mass is 10.1. The van der Waals surface area contributed by atoms with E-state index in [2.05, 4.69) is 36.5 Å². The lowest BCUT2D eigenvalue weighted by Crippen LogP contribution is -2.33. The molecule has 25 heavy (non-hydrogen) atoms. The number of hydrogen-bond acceptors (Lipinski definition) is 3. The standard InChI is InChI=1S/C20H22N2O3/c1-14-4-6-15(7-5-14)13-22-17-8-10-25-19(17)11-18(22)20(23)21-12-16-3-2-9-24-16/h4-8,10-11,16H,2-3,9,12-13H2,1H3,(H,21,23). The Bertz CT molecular complexity index is 870. The SMILES string of the molecule is Cc1ccc(Cn2c(C(=O)NCC3CCCO3)cc3occc32)cc1. The van der Waals surface area contributed by atoms with E-state index in [1.165, 1.54) is 5.56 Å². The first-order valence-corrected chi connectivity index (χ1v) is 8.73. The maximum Gasteiger partial charge on any atom is 0.268 e. The van der Waals surface area contributed by atoms with Crippen LogP contribution in [0.1, 0.15) is 34.5 Å². The maximum absolute atomic E-state index is 12.7. The van der Waals surface area contributed by atoms with Crippen molar-refractivity contribution in [3.05, 3.63) is 59.5 Å². The lowest BCUT2D eigenvalue weighted by Gasteiger charge is -2.13. The molecule has 5 nitrogen and oxygen atoms in total. The molecule has 1 N–H and O–H groups in total. The van der Waals surface area contributed by atoms with Gasteiger partial charge in [-0.3, -0.25) is 4.79 Å². The Morgan fingerprint density at radius 2 is 2.12 bits per heavy atom. The van der Waals surface area contributed by atoms with Gasteiger partial charge in [0.05, 0.1) is 17.9 Å². The van der Waals surface area contributed by atoms with E-state index in [0.29, 0.717) is 18.8 Å². The number of hydrogen-bond donors (Lipinski definition) is 1. The van der Waals surface area contributed by atoms with Gasteiger partial charge in [-0.05, 0) is 25.3 Å². The first-order valence-electron chi connectivity index (χ1n) is 8.73. The zero-order chi connectivity index (χ0) is 17.2. The number of aromatic nitrogens is 1. The summed E-state index contributed by atoms with van der Waals surface area (Å²) in [6.07, 6.45) is 3.86. The first-order chi connectivity index (χ1) is 12.2. The minimum absolute atomic E-state index is 0.0889. The van der Waals surface area contributed by atoms with Gasteiger partial charge in [0.1, 0.15) is 5.69 Å². The van der Waals surface area contributed by atoms with Crippen molar-refractivity contribution in [2.75, 3.05) is 13.2 Å². The lowest BCUT2D eigenvalue weighted by molar-refractivity contribution is 0.0851. The zero-order valence-corrected chi connectivity index (χ0v) is 14.3. The zero-order valence-electron chi connectivity index (χ0n) is 14.3. The summed E-state index contributed by atoms with van der Waals surface area (Å²) in [6, 6.07) is 12.1. The fourth-order valence-corrected chi connectivity index (χ4v) is 3.31. The normalized spacial score (nSPS) is 17.2. The smallest absolute Gasteiger partial charge is 0.268 e. The van der Waals surface area contributed by atoms with Crippen molar-refractivity contribution >= 4 is 17.0 Å². The third kappa shape index (κ3) is 3.33. The summed E-state index contributed by atoms with van der Waals surface area (Å²) in [6.45, 7) is 4.04. The number of furan rings is 1. The third-order valence-corrected chi connectivity index (χ3v) is 4.73. The molecule has 0 aliphatic carbocycles. The van der Waals surface area contributed by atoms with Crippen molar-refractivity contribution in [3.8, 4) is 0 Å². The molecule has 0 spiro atoms. The molecule has 1 unspecified atom stereocenters. The van der Waals surface area contributed by atoms with Gasteiger partial charge in [-0.25, -0.2) is 0 Å². The number of rotatable bonds is 5.